The van der Waals surface area contributed by atoms with Crippen molar-refractivity contribution in [1.82, 2.24) is 9.97 Å². The van der Waals surface area contributed by atoms with Gasteiger partial charge in [-0.1, -0.05) is 19.8 Å². The molecule has 0 amide bonds. The number of hydrogen-bond donors (Lipinski definition) is 1. The van der Waals surface area contributed by atoms with Gasteiger partial charge in [0.1, 0.15) is 0 Å². The van der Waals surface area contributed by atoms with E-state index >= 15 is 0 Å². The number of unbranched alkanes of at least 4 members (excludes halogenated alkanes) is 1. The van der Waals surface area contributed by atoms with Crippen LogP contribution in [-0.2, 0) is 4.74 Å². The number of anilines is 1. The summed E-state index contributed by atoms with van der Waals surface area (Å²) in [6, 6.07) is 0.165. The van der Waals surface area contributed by atoms with Gasteiger partial charge in [-0.05, 0) is 24.4 Å². The molecule has 100 valence electrons. The van der Waals surface area contributed by atoms with E-state index in [1.54, 1.807) is 0 Å². The molecule has 0 aromatic carbocycles. The lowest BCUT2D eigenvalue weighted by Crippen LogP contribution is -2.23. The molecular weight excluding hydrogens is 257 g/mol. The number of nitrogens with zero attached hydrogens (tertiary/aromatic N) is 2. The molecule has 2 rings (SSSR count). The van der Waals surface area contributed by atoms with E-state index in [2.05, 4.69) is 22.2 Å². The number of epoxide rings is 1. The first-order valence-electron chi connectivity index (χ1n) is 6.25. The molecule has 0 radical (unpaired) electrons. The van der Waals surface area contributed by atoms with Crippen LogP contribution in [0.25, 0.3) is 0 Å². The minimum Gasteiger partial charge on any atom is -0.373 e. The highest BCUT2D eigenvalue weighted by Crippen LogP contribution is 2.22. The van der Waals surface area contributed by atoms with Crippen LogP contribution < -0.4 is 5.32 Å². The van der Waals surface area contributed by atoms with Crippen molar-refractivity contribution < 1.29 is 9.13 Å². The summed E-state index contributed by atoms with van der Waals surface area (Å²) in [6.07, 6.45) is 5.43. The lowest BCUT2D eigenvalue weighted by Gasteiger charge is -2.18. The molecule has 0 aliphatic carbocycles. The average molecular weight is 274 g/mol. The molecule has 0 saturated carbocycles. The number of halogens is 2. The van der Waals surface area contributed by atoms with Crippen molar-refractivity contribution in [3.05, 3.63) is 17.3 Å². The minimum absolute atomic E-state index is 0.0517. The summed E-state index contributed by atoms with van der Waals surface area (Å²) in [5, 5.41) is 3.16. The molecule has 0 spiro atoms. The molecule has 2 atom stereocenters. The van der Waals surface area contributed by atoms with Crippen LogP contribution in [0.4, 0.5) is 10.2 Å². The molecule has 18 heavy (non-hydrogen) atoms. The molecule has 1 aromatic heterocycles. The first-order valence-corrected chi connectivity index (χ1v) is 6.63. The van der Waals surface area contributed by atoms with Gasteiger partial charge in [-0.25, -0.2) is 9.37 Å². The summed E-state index contributed by atoms with van der Waals surface area (Å²) in [5.41, 5.74) is 0. The molecule has 1 aliphatic heterocycles. The summed E-state index contributed by atoms with van der Waals surface area (Å²) >= 11 is 5.67. The molecule has 1 N–H and O–H groups in total. The van der Waals surface area contributed by atoms with E-state index in [1.165, 1.54) is 0 Å². The molecular formula is C12H17ClFN3O. The lowest BCUT2D eigenvalue weighted by atomic mass is 10.1. The smallest absolute Gasteiger partial charge is 0.224 e. The summed E-state index contributed by atoms with van der Waals surface area (Å²) in [5.74, 6) is -0.297. The second kappa shape index (κ2) is 6.29. The Morgan fingerprint density at radius 3 is 3.11 bits per heavy atom. The Labute approximate surface area is 111 Å². The second-order valence-corrected chi connectivity index (χ2v) is 4.85. The van der Waals surface area contributed by atoms with Crippen LogP contribution in [0.2, 0.25) is 5.28 Å². The first-order chi connectivity index (χ1) is 8.69. The van der Waals surface area contributed by atoms with Crippen LogP contribution in [0, 0.1) is 5.82 Å². The summed E-state index contributed by atoms with van der Waals surface area (Å²) in [4.78, 5) is 7.47. The maximum Gasteiger partial charge on any atom is 0.224 e. The fourth-order valence-electron chi connectivity index (χ4n) is 1.86. The molecule has 2 heterocycles. The van der Waals surface area contributed by atoms with Crippen LogP contribution in [-0.4, -0.2) is 28.7 Å². The van der Waals surface area contributed by atoms with E-state index < -0.39 is 5.82 Å². The van der Waals surface area contributed by atoms with Crippen LogP contribution in [0.1, 0.15) is 32.6 Å². The predicted molar refractivity (Wildman–Crippen MR) is 68.3 cm³/mol. The maximum absolute atomic E-state index is 13.5. The SMILES string of the molecule is CCCCC(CC1CO1)Nc1nc(Cl)ncc1F. The van der Waals surface area contributed by atoms with Crippen molar-refractivity contribution in [3.63, 3.8) is 0 Å². The van der Waals surface area contributed by atoms with Gasteiger partial charge in [-0.15, -0.1) is 0 Å². The van der Waals surface area contributed by atoms with Crippen molar-refractivity contribution in [2.75, 3.05) is 11.9 Å². The normalized spacial score (nSPS) is 19.6. The van der Waals surface area contributed by atoms with Crippen LogP contribution in [0.5, 0.6) is 0 Å². The topological polar surface area (TPSA) is 50.3 Å². The quantitative estimate of drug-likeness (QED) is 0.613. The number of nitrogens with one attached hydrogen (secondary N) is 1. The zero-order valence-corrected chi connectivity index (χ0v) is 11.1. The summed E-state index contributed by atoms with van der Waals surface area (Å²) < 4.78 is 18.7. The Morgan fingerprint density at radius 2 is 2.44 bits per heavy atom. The van der Waals surface area contributed by atoms with Crippen LogP contribution in [0.3, 0.4) is 0 Å². The fraction of sp³-hybridized carbons (Fsp3) is 0.667. The number of aromatic nitrogens is 2. The van der Waals surface area contributed by atoms with Crippen molar-refractivity contribution in [2.45, 2.75) is 44.8 Å². The lowest BCUT2D eigenvalue weighted by molar-refractivity contribution is 0.378. The van der Waals surface area contributed by atoms with E-state index in [4.69, 9.17) is 16.3 Å². The number of ether oxygens (including phenoxy) is 1. The largest absolute Gasteiger partial charge is 0.373 e. The average Bonchev–Trinajstić information content (AvgIpc) is 3.14. The van der Waals surface area contributed by atoms with Crippen molar-refractivity contribution in [1.29, 1.82) is 0 Å². The minimum atomic E-state index is -0.474. The van der Waals surface area contributed by atoms with Crippen molar-refractivity contribution in [3.8, 4) is 0 Å². The Kier molecular flexibility index (Phi) is 4.72. The van der Waals surface area contributed by atoms with Crippen molar-refractivity contribution >= 4 is 17.4 Å². The summed E-state index contributed by atoms with van der Waals surface area (Å²) in [6.45, 7) is 2.93. The van der Waals surface area contributed by atoms with E-state index in [0.29, 0.717) is 6.10 Å². The molecule has 1 aliphatic rings. The zero-order valence-electron chi connectivity index (χ0n) is 10.3. The third kappa shape index (κ3) is 4.07. The van der Waals surface area contributed by atoms with Gasteiger partial charge in [0, 0.05) is 6.04 Å². The highest BCUT2D eigenvalue weighted by molar-refractivity contribution is 6.28. The Morgan fingerprint density at radius 1 is 1.67 bits per heavy atom. The summed E-state index contributed by atoms with van der Waals surface area (Å²) in [7, 11) is 0. The van der Waals surface area contributed by atoms with Crippen molar-refractivity contribution in [2.24, 2.45) is 0 Å². The first kappa shape index (κ1) is 13.5. The third-order valence-corrected chi connectivity index (χ3v) is 3.09. The monoisotopic (exact) mass is 273 g/mol. The predicted octanol–water partition coefficient (Wildman–Crippen LogP) is 3.03. The van der Waals surface area contributed by atoms with Gasteiger partial charge < -0.3 is 10.1 Å². The molecule has 4 nitrogen and oxygen atoms in total. The standard InChI is InChI=1S/C12H17ClFN3O/c1-2-3-4-8(5-9-7-18-9)16-11-10(14)6-15-12(13)17-11/h6,8-9H,2-5,7H2,1H3,(H,15,16,17). The van der Waals surface area contributed by atoms with Gasteiger partial charge in [0.2, 0.25) is 5.28 Å². The van der Waals surface area contributed by atoms with Gasteiger partial charge in [0.15, 0.2) is 11.6 Å². The van der Waals surface area contributed by atoms with Gasteiger partial charge in [-0.2, -0.15) is 4.98 Å². The Bertz CT molecular complexity index is 401. The van der Waals surface area contributed by atoms with Crippen LogP contribution >= 0.6 is 11.6 Å². The van der Waals surface area contributed by atoms with E-state index in [0.717, 1.165) is 38.5 Å². The van der Waals surface area contributed by atoms with E-state index in [1.807, 2.05) is 0 Å². The number of rotatable bonds is 7. The number of hydrogen-bond acceptors (Lipinski definition) is 4. The van der Waals surface area contributed by atoms with Gasteiger partial charge in [-0.3, -0.25) is 0 Å². The maximum atomic E-state index is 13.5. The van der Waals surface area contributed by atoms with Gasteiger partial charge in [0.05, 0.1) is 18.9 Å². The van der Waals surface area contributed by atoms with Gasteiger partial charge >= 0.3 is 0 Å². The molecule has 2 unspecified atom stereocenters. The van der Waals surface area contributed by atoms with Gasteiger partial charge in [0.25, 0.3) is 0 Å². The Hall–Kier alpha value is -0.940. The van der Waals surface area contributed by atoms with Crippen LogP contribution in [0.15, 0.2) is 6.20 Å². The second-order valence-electron chi connectivity index (χ2n) is 4.51. The molecule has 0 bridgehead atoms. The third-order valence-electron chi connectivity index (χ3n) is 2.91. The Balaban J connectivity index is 1.98. The zero-order chi connectivity index (χ0) is 13.0. The molecule has 1 saturated heterocycles. The molecule has 6 heteroatoms. The highest BCUT2D eigenvalue weighted by atomic mass is 35.5. The highest BCUT2D eigenvalue weighted by Gasteiger charge is 2.27. The van der Waals surface area contributed by atoms with E-state index in [9.17, 15) is 4.39 Å². The molecule has 1 fully saturated rings. The molecule has 1 aromatic rings. The fourth-order valence-corrected chi connectivity index (χ4v) is 1.99. The van der Waals surface area contributed by atoms with E-state index in [-0.39, 0.29) is 17.1 Å².